The number of nitrogens with one attached hydrogen (secondary N) is 2. The number of amides is 2. The molecule has 0 spiro atoms. The van der Waals surface area contributed by atoms with E-state index in [-0.39, 0.29) is 11.8 Å². The summed E-state index contributed by atoms with van der Waals surface area (Å²) in [6.07, 6.45) is 7.85. The molecular formula is C18H26N2O2. The first-order valence-corrected chi connectivity index (χ1v) is 8.40. The highest BCUT2D eigenvalue weighted by molar-refractivity contribution is 5.97. The molecule has 1 aromatic carbocycles. The lowest BCUT2D eigenvalue weighted by molar-refractivity contribution is 0.0923. The molecule has 0 unspecified atom stereocenters. The maximum atomic E-state index is 12.2. The molecule has 0 aliphatic heterocycles. The Labute approximate surface area is 132 Å². The van der Waals surface area contributed by atoms with Crippen molar-refractivity contribution in [3.8, 4) is 0 Å². The van der Waals surface area contributed by atoms with Crippen LogP contribution < -0.4 is 10.6 Å². The van der Waals surface area contributed by atoms with Crippen molar-refractivity contribution < 1.29 is 9.59 Å². The first-order chi connectivity index (χ1) is 10.7. The van der Waals surface area contributed by atoms with Crippen molar-refractivity contribution in [2.75, 3.05) is 6.54 Å². The van der Waals surface area contributed by atoms with Crippen LogP contribution in [-0.4, -0.2) is 24.4 Å². The van der Waals surface area contributed by atoms with E-state index in [9.17, 15) is 9.59 Å². The molecule has 22 heavy (non-hydrogen) atoms. The predicted octanol–water partition coefficient (Wildman–Crippen LogP) is 3.28. The number of hydrogen-bond acceptors (Lipinski definition) is 2. The molecule has 0 radical (unpaired) electrons. The molecule has 1 fully saturated rings. The molecule has 0 bridgehead atoms. The summed E-state index contributed by atoms with van der Waals surface area (Å²) >= 11 is 0. The highest BCUT2D eigenvalue weighted by atomic mass is 16.2. The van der Waals surface area contributed by atoms with Crippen LogP contribution >= 0.6 is 0 Å². The van der Waals surface area contributed by atoms with Gasteiger partial charge in [0, 0.05) is 23.7 Å². The lowest BCUT2D eigenvalue weighted by Gasteiger charge is -2.22. The molecule has 0 atom stereocenters. The van der Waals surface area contributed by atoms with Gasteiger partial charge in [-0.05, 0) is 43.5 Å². The van der Waals surface area contributed by atoms with Crippen LogP contribution in [0, 0.1) is 0 Å². The molecule has 120 valence electrons. The molecule has 0 aromatic heterocycles. The summed E-state index contributed by atoms with van der Waals surface area (Å²) in [5, 5.41) is 5.96. The van der Waals surface area contributed by atoms with Gasteiger partial charge in [0.05, 0.1) is 0 Å². The zero-order chi connectivity index (χ0) is 15.8. The summed E-state index contributed by atoms with van der Waals surface area (Å²) in [5.41, 5.74) is 1.22. The lowest BCUT2D eigenvalue weighted by atomic mass is 9.95. The molecule has 2 amide bonds. The van der Waals surface area contributed by atoms with E-state index in [1.807, 2.05) is 0 Å². The third-order valence-corrected chi connectivity index (χ3v) is 4.17. The lowest BCUT2D eigenvalue weighted by Crippen LogP contribution is -2.36. The molecule has 1 aliphatic rings. The Kier molecular flexibility index (Phi) is 6.44. The van der Waals surface area contributed by atoms with Crippen LogP contribution in [0.15, 0.2) is 24.3 Å². The molecule has 1 aromatic rings. The van der Waals surface area contributed by atoms with Gasteiger partial charge >= 0.3 is 0 Å². The fourth-order valence-corrected chi connectivity index (χ4v) is 2.77. The van der Waals surface area contributed by atoms with Crippen LogP contribution in [0.4, 0.5) is 0 Å². The topological polar surface area (TPSA) is 58.2 Å². The zero-order valence-electron chi connectivity index (χ0n) is 13.4. The first kappa shape index (κ1) is 16.5. The van der Waals surface area contributed by atoms with E-state index < -0.39 is 0 Å². The van der Waals surface area contributed by atoms with Gasteiger partial charge in [0.15, 0.2) is 0 Å². The highest BCUT2D eigenvalue weighted by Gasteiger charge is 2.16. The number of carbonyl (C=O) groups excluding carboxylic acids is 2. The molecule has 2 N–H and O–H groups in total. The van der Waals surface area contributed by atoms with E-state index in [1.165, 1.54) is 19.3 Å². The van der Waals surface area contributed by atoms with Crippen molar-refractivity contribution in [1.82, 2.24) is 10.6 Å². The van der Waals surface area contributed by atoms with Crippen molar-refractivity contribution in [1.29, 1.82) is 0 Å². The van der Waals surface area contributed by atoms with Crippen LogP contribution in [-0.2, 0) is 0 Å². The highest BCUT2D eigenvalue weighted by Crippen LogP contribution is 2.18. The molecule has 1 aliphatic carbocycles. The maximum absolute atomic E-state index is 12.2. The predicted molar refractivity (Wildman–Crippen MR) is 88.0 cm³/mol. The minimum atomic E-state index is -0.0762. The van der Waals surface area contributed by atoms with E-state index in [4.69, 9.17) is 0 Å². The largest absolute Gasteiger partial charge is 0.352 e. The Hall–Kier alpha value is -1.84. The molecule has 4 nitrogen and oxygen atoms in total. The monoisotopic (exact) mass is 302 g/mol. The molecule has 0 heterocycles. The van der Waals surface area contributed by atoms with Crippen LogP contribution in [0.3, 0.4) is 0 Å². The van der Waals surface area contributed by atoms with Gasteiger partial charge in [0.25, 0.3) is 11.8 Å². The van der Waals surface area contributed by atoms with Gasteiger partial charge in [-0.1, -0.05) is 32.6 Å². The summed E-state index contributed by atoms with van der Waals surface area (Å²) in [5.74, 6) is -0.113. The van der Waals surface area contributed by atoms with Gasteiger partial charge in [-0.2, -0.15) is 0 Å². The van der Waals surface area contributed by atoms with Crippen molar-refractivity contribution in [3.05, 3.63) is 35.4 Å². The Morgan fingerprint density at radius 1 is 1.00 bits per heavy atom. The standard InChI is InChI=1S/C18H26N2O2/c1-2-3-13-19-17(21)14-9-11-15(12-10-14)18(22)20-16-7-5-4-6-8-16/h9-12,16H,2-8,13H2,1H3,(H,19,21)(H,20,22). The van der Waals surface area contributed by atoms with Gasteiger partial charge in [-0.15, -0.1) is 0 Å². The number of carbonyl (C=O) groups is 2. The second kappa shape index (κ2) is 8.57. The van der Waals surface area contributed by atoms with Gasteiger partial charge in [-0.25, -0.2) is 0 Å². The number of benzene rings is 1. The zero-order valence-corrected chi connectivity index (χ0v) is 13.4. The first-order valence-electron chi connectivity index (χ1n) is 8.40. The average molecular weight is 302 g/mol. The second-order valence-electron chi connectivity index (χ2n) is 6.00. The van der Waals surface area contributed by atoms with Crippen molar-refractivity contribution in [2.24, 2.45) is 0 Å². The number of hydrogen-bond donors (Lipinski definition) is 2. The number of unbranched alkanes of at least 4 members (excludes halogenated alkanes) is 1. The Morgan fingerprint density at radius 2 is 1.59 bits per heavy atom. The van der Waals surface area contributed by atoms with Gasteiger partial charge in [0.1, 0.15) is 0 Å². The molecular weight excluding hydrogens is 276 g/mol. The average Bonchev–Trinajstić information content (AvgIpc) is 2.56. The summed E-state index contributed by atoms with van der Waals surface area (Å²) in [6.45, 7) is 2.78. The molecule has 0 saturated heterocycles. The summed E-state index contributed by atoms with van der Waals surface area (Å²) in [4.78, 5) is 24.1. The van der Waals surface area contributed by atoms with E-state index in [0.717, 1.165) is 25.7 Å². The normalized spacial score (nSPS) is 15.3. The minimum Gasteiger partial charge on any atom is -0.352 e. The van der Waals surface area contributed by atoms with Crippen molar-refractivity contribution in [2.45, 2.75) is 57.9 Å². The van der Waals surface area contributed by atoms with Crippen LogP contribution in [0.1, 0.15) is 72.6 Å². The van der Waals surface area contributed by atoms with Gasteiger partial charge in [-0.3, -0.25) is 9.59 Å². The summed E-state index contributed by atoms with van der Waals surface area (Å²) in [7, 11) is 0. The van der Waals surface area contributed by atoms with Crippen LogP contribution in [0.2, 0.25) is 0 Å². The third kappa shape index (κ3) is 4.86. The maximum Gasteiger partial charge on any atom is 0.251 e. The van der Waals surface area contributed by atoms with E-state index in [0.29, 0.717) is 23.7 Å². The Balaban J connectivity index is 1.87. The van der Waals surface area contributed by atoms with E-state index >= 15 is 0 Å². The smallest absolute Gasteiger partial charge is 0.251 e. The summed E-state index contributed by atoms with van der Waals surface area (Å²) < 4.78 is 0. The van der Waals surface area contributed by atoms with Crippen molar-refractivity contribution in [3.63, 3.8) is 0 Å². The van der Waals surface area contributed by atoms with Crippen LogP contribution in [0.25, 0.3) is 0 Å². The molecule has 2 rings (SSSR count). The van der Waals surface area contributed by atoms with Gasteiger partial charge in [0.2, 0.25) is 0 Å². The molecule has 4 heteroatoms. The minimum absolute atomic E-state index is 0.0372. The Morgan fingerprint density at radius 3 is 2.18 bits per heavy atom. The Bertz CT molecular complexity index is 490. The van der Waals surface area contributed by atoms with Crippen molar-refractivity contribution >= 4 is 11.8 Å². The van der Waals surface area contributed by atoms with E-state index in [2.05, 4.69) is 17.6 Å². The fraction of sp³-hybridized carbons (Fsp3) is 0.556. The third-order valence-electron chi connectivity index (χ3n) is 4.17. The summed E-state index contributed by atoms with van der Waals surface area (Å²) in [6, 6.07) is 7.20. The quantitative estimate of drug-likeness (QED) is 0.792. The SMILES string of the molecule is CCCCNC(=O)c1ccc(C(=O)NC2CCCCC2)cc1. The fourth-order valence-electron chi connectivity index (χ4n) is 2.77. The second-order valence-corrected chi connectivity index (χ2v) is 6.00. The molecule has 1 saturated carbocycles. The number of rotatable bonds is 6. The van der Waals surface area contributed by atoms with Crippen LogP contribution in [0.5, 0.6) is 0 Å². The van der Waals surface area contributed by atoms with Gasteiger partial charge < -0.3 is 10.6 Å². The van der Waals surface area contributed by atoms with E-state index in [1.54, 1.807) is 24.3 Å².